The fraction of sp³-hybridized carbons (Fsp3) is 0.267. The first-order valence-corrected chi connectivity index (χ1v) is 6.25. The highest BCUT2D eigenvalue weighted by molar-refractivity contribution is 5.95. The maximum atomic E-state index is 12.1. The van der Waals surface area contributed by atoms with Gasteiger partial charge in [0.15, 0.2) is 5.78 Å². The lowest BCUT2D eigenvalue weighted by Crippen LogP contribution is -2.26. The summed E-state index contributed by atoms with van der Waals surface area (Å²) in [6.45, 7) is 3.72. The number of carbonyl (C=O) groups is 1. The average Bonchev–Trinajstić information content (AvgIpc) is 2.40. The van der Waals surface area contributed by atoms with Gasteiger partial charge < -0.3 is 0 Å². The van der Waals surface area contributed by atoms with Crippen LogP contribution >= 0.6 is 0 Å². The van der Waals surface area contributed by atoms with Crippen LogP contribution in [0.5, 0.6) is 0 Å². The van der Waals surface area contributed by atoms with Crippen LogP contribution in [0.2, 0.25) is 0 Å². The van der Waals surface area contributed by atoms with Gasteiger partial charge in [-0.05, 0) is 25.5 Å². The summed E-state index contributed by atoms with van der Waals surface area (Å²) < 4.78 is 1.33. The molecule has 0 atom stereocenters. The van der Waals surface area contributed by atoms with E-state index in [0.717, 1.165) is 5.56 Å². The van der Waals surface area contributed by atoms with E-state index in [1.807, 2.05) is 44.2 Å². The molecule has 0 saturated heterocycles. The van der Waals surface area contributed by atoms with Gasteiger partial charge in [0.2, 0.25) is 0 Å². The van der Waals surface area contributed by atoms with Crippen molar-refractivity contribution in [2.75, 3.05) is 0 Å². The van der Waals surface area contributed by atoms with Gasteiger partial charge in [0.1, 0.15) is 5.69 Å². The van der Waals surface area contributed by atoms with Crippen molar-refractivity contribution in [3.05, 3.63) is 64.1 Å². The molecule has 19 heavy (non-hydrogen) atoms. The maximum Gasteiger partial charge on any atom is 0.267 e. The van der Waals surface area contributed by atoms with Gasteiger partial charge in [0, 0.05) is 12.5 Å². The van der Waals surface area contributed by atoms with E-state index in [-0.39, 0.29) is 17.4 Å². The second-order valence-electron chi connectivity index (χ2n) is 4.68. The largest absolute Gasteiger partial charge is 0.292 e. The number of nitrogens with zero attached hydrogens (tertiary/aromatic N) is 2. The molecule has 0 unspecified atom stereocenters. The lowest BCUT2D eigenvalue weighted by atomic mass is 10.1. The van der Waals surface area contributed by atoms with Gasteiger partial charge >= 0.3 is 0 Å². The van der Waals surface area contributed by atoms with Crippen molar-refractivity contribution < 1.29 is 4.79 Å². The van der Waals surface area contributed by atoms with Gasteiger partial charge in [-0.25, -0.2) is 4.68 Å². The normalized spacial score (nSPS) is 10.7. The number of carbonyl (C=O) groups excluding carboxylic acids is 1. The summed E-state index contributed by atoms with van der Waals surface area (Å²) in [7, 11) is 0. The fourth-order valence-electron chi connectivity index (χ4n) is 1.82. The van der Waals surface area contributed by atoms with Gasteiger partial charge in [0.25, 0.3) is 5.56 Å². The molecule has 0 spiro atoms. The summed E-state index contributed by atoms with van der Waals surface area (Å²) in [5.74, 6) is -0.0828. The molecule has 0 N–H and O–H groups in total. The van der Waals surface area contributed by atoms with E-state index in [1.165, 1.54) is 16.8 Å². The summed E-state index contributed by atoms with van der Waals surface area (Å²) in [5.41, 5.74) is 1.08. The third-order valence-corrected chi connectivity index (χ3v) is 2.81. The molecular formula is C15H16N2O2. The Morgan fingerprint density at radius 2 is 1.84 bits per heavy atom. The Morgan fingerprint density at radius 1 is 1.16 bits per heavy atom. The molecule has 0 fully saturated rings. The van der Waals surface area contributed by atoms with Crippen molar-refractivity contribution in [2.24, 2.45) is 0 Å². The Balaban J connectivity index is 2.25. The van der Waals surface area contributed by atoms with Crippen molar-refractivity contribution >= 4 is 5.78 Å². The first-order valence-electron chi connectivity index (χ1n) is 6.25. The van der Waals surface area contributed by atoms with Gasteiger partial charge in [-0.15, -0.1) is 0 Å². The van der Waals surface area contributed by atoms with Gasteiger partial charge in [-0.2, -0.15) is 5.10 Å². The van der Waals surface area contributed by atoms with Crippen LogP contribution in [0.4, 0.5) is 0 Å². The van der Waals surface area contributed by atoms with E-state index in [1.54, 1.807) is 0 Å². The number of ketones is 1. The molecule has 0 amide bonds. The molecule has 1 aromatic carbocycles. The van der Waals surface area contributed by atoms with Crippen LogP contribution in [-0.4, -0.2) is 15.6 Å². The summed E-state index contributed by atoms with van der Waals surface area (Å²) >= 11 is 0. The molecule has 2 aromatic rings. The minimum Gasteiger partial charge on any atom is -0.292 e. The van der Waals surface area contributed by atoms with Crippen LogP contribution in [-0.2, 0) is 6.42 Å². The van der Waals surface area contributed by atoms with Crippen LogP contribution in [0.3, 0.4) is 0 Å². The smallest absolute Gasteiger partial charge is 0.267 e. The van der Waals surface area contributed by atoms with Gasteiger partial charge in [-0.3, -0.25) is 9.59 Å². The zero-order valence-corrected chi connectivity index (χ0v) is 11.0. The van der Waals surface area contributed by atoms with Crippen molar-refractivity contribution in [1.82, 2.24) is 9.78 Å². The van der Waals surface area contributed by atoms with E-state index in [4.69, 9.17) is 0 Å². The second kappa shape index (κ2) is 5.61. The predicted molar refractivity (Wildman–Crippen MR) is 73.4 cm³/mol. The van der Waals surface area contributed by atoms with Crippen LogP contribution in [0.15, 0.2) is 47.3 Å². The van der Waals surface area contributed by atoms with Crippen LogP contribution in [0.25, 0.3) is 0 Å². The van der Waals surface area contributed by atoms with Crippen molar-refractivity contribution in [2.45, 2.75) is 26.3 Å². The lowest BCUT2D eigenvalue weighted by molar-refractivity contribution is 0.0985. The Bertz CT molecular complexity index is 630. The highest BCUT2D eigenvalue weighted by Gasteiger charge is 2.11. The second-order valence-corrected chi connectivity index (χ2v) is 4.68. The van der Waals surface area contributed by atoms with Crippen molar-refractivity contribution in [3.8, 4) is 0 Å². The summed E-state index contributed by atoms with van der Waals surface area (Å²) in [4.78, 5) is 23.7. The number of Topliss-reactive ketones (excluding diaryl/α,β-unsaturated/α-hetero) is 1. The van der Waals surface area contributed by atoms with E-state index in [9.17, 15) is 9.59 Å². The molecule has 0 aliphatic carbocycles. The molecule has 0 radical (unpaired) electrons. The summed E-state index contributed by atoms with van der Waals surface area (Å²) in [6.07, 6.45) is 0.296. The molecule has 2 rings (SSSR count). The average molecular weight is 256 g/mol. The maximum absolute atomic E-state index is 12.1. The summed E-state index contributed by atoms with van der Waals surface area (Å²) in [6, 6.07) is 12.3. The monoisotopic (exact) mass is 256 g/mol. The van der Waals surface area contributed by atoms with E-state index < -0.39 is 0 Å². The standard InChI is InChI=1S/C15H16N2O2/c1-11(2)17-15(19)9-8-13(16-17)14(18)10-12-6-4-3-5-7-12/h3-9,11H,10H2,1-2H3. The SMILES string of the molecule is CC(C)n1nc(C(=O)Cc2ccccc2)ccc1=O. The van der Waals surface area contributed by atoms with E-state index >= 15 is 0 Å². The zero-order valence-electron chi connectivity index (χ0n) is 11.0. The third kappa shape index (κ3) is 3.16. The Labute approximate surface area is 111 Å². The number of rotatable bonds is 4. The highest BCUT2D eigenvalue weighted by Crippen LogP contribution is 2.05. The minimum atomic E-state index is -0.189. The quantitative estimate of drug-likeness (QED) is 0.788. The third-order valence-electron chi connectivity index (χ3n) is 2.81. The van der Waals surface area contributed by atoms with Crippen LogP contribution in [0, 0.1) is 0 Å². The molecule has 0 saturated carbocycles. The molecule has 1 aromatic heterocycles. The fourth-order valence-corrected chi connectivity index (χ4v) is 1.82. The molecule has 0 aliphatic heterocycles. The molecule has 98 valence electrons. The van der Waals surface area contributed by atoms with Crippen LogP contribution in [0.1, 0.15) is 35.9 Å². The number of benzene rings is 1. The highest BCUT2D eigenvalue weighted by atomic mass is 16.1. The Kier molecular flexibility index (Phi) is 3.90. The first kappa shape index (κ1) is 13.2. The molecule has 1 heterocycles. The number of aromatic nitrogens is 2. The Morgan fingerprint density at radius 3 is 2.47 bits per heavy atom. The van der Waals surface area contributed by atoms with E-state index in [0.29, 0.717) is 12.1 Å². The minimum absolute atomic E-state index is 0.0584. The number of hydrogen-bond donors (Lipinski definition) is 0. The molecule has 0 bridgehead atoms. The molecule has 0 aliphatic rings. The first-order chi connectivity index (χ1) is 9.08. The summed E-state index contributed by atoms with van der Waals surface area (Å²) in [5, 5.41) is 4.12. The van der Waals surface area contributed by atoms with Crippen LogP contribution < -0.4 is 5.56 Å². The lowest BCUT2D eigenvalue weighted by Gasteiger charge is -2.09. The number of hydrogen-bond acceptors (Lipinski definition) is 3. The zero-order chi connectivity index (χ0) is 13.8. The van der Waals surface area contributed by atoms with Gasteiger partial charge in [-0.1, -0.05) is 30.3 Å². The molecular weight excluding hydrogens is 240 g/mol. The van der Waals surface area contributed by atoms with Gasteiger partial charge in [0.05, 0.1) is 6.04 Å². The van der Waals surface area contributed by atoms with E-state index in [2.05, 4.69) is 5.10 Å². The topological polar surface area (TPSA) is 52.0 Å². The Hall–Kier alpha value is -2.23. The van der Waals surface area contributed by atoms with Crippen molar-refractivity contribution in [1.29, 1.82) is 0 Å². The predicted octanol–water partition coefficient (Wildman–Crippen LogP) is 2.25. The van der Waals surface area contributed by atoms with Crippen molar-refractivity contribution in [3.63, 3.8) is 0 Å². The molecule has 4 nitrogen and oxygen atoms in total. The molecule has 4 heteroatoms.